The molecule has 0 radical (unpaired) electrons. The lowest BCUT2D eigenvalue weighted by molar-refractivity contribution is -0.161. The molecule has 0 saturated carbocycles. The van der Waals surface area contributed by atoms with Gasteiger partial charge in [0.1, 0.15) is 19.3 Å². The van der Waals surface area contributed by atoms with E-state index in [1.54, 1.807) is 0 Å². The van der Waals surface area contributed by atoms with Crippen LogP contribution in [0.5, 0.6) is 0 Å². The molecule has 0 aliphatic carbocycles. The number of ether oxygens (including phenoxy) is 4. The highest BCUT2D eigenvalue weighted by Gasteiger charge is 2.30. The molecule has 0 rings (SSSR count). The summed E-state index contributed by atoms with van der Waals surface area (Å²) < 4.78 is 68.9. The van der Waals surface area contributed by atoms with Gasteiger partial charge in [-0.1, -0.05) is 389 Å². The van der Waals surface area contributed by atoms with Gasteiger partial charge in [-0.15, -0.1) is 0 Å². The van der Waals surface area contributed by atoms with Crippen molar-refractivity contribution in [2.45, 2.75) is 458 Å². The zero-order chi connectivity index (χ0) is 75.8. The molecule has 0 spiro atoms. The van der Waals surface area contributed by atoms with E-state index >= 15 is 0 Å². The zero-order valence-corrected chi connectivity index (χ0v) is 69.6. The molecule has 0 heterocycles. The minimum absolute atomic E-state index is 0.108. The van der Waals surface area contributed by atoms with Crippen LogP contribution in [0.1, 0.15) is 440 Å². The van der Waals surface area contributed by atoms with E-state index in [-0.39, 0.29) is 25.7 Å². The smallest absolute Gasteiger partial charge is 0.462 e. The average Bonchev–Trinajstić information content (AvgIpc) is 0.993. The number of carbonyl (C=O) groups excluding carboxylic acids is 4. The molecular formula is C84H164O17P2. The monoisotopic (exact) mass is 1510 g/mol. The van der Waals surface area contributed by atoms with Gasteiger partial charge in [0.25, 0.3) is 0 Å². The van der Waals surface area contributed by atoms with E-state index in [4.69, 9.17) is 37.0 Å². The minimum Gasteiger partial charge on any atom is -0.462 e. The Morgan fingerprint density at radius 2 is 0.495 bits per heavy atom. The highest BCUT2D eigenvalue weighted by Crippen LogP contribution is 2.45. The quantitative estimate of drug-likeness (QED) is 0.0222. The predicted octanol–water partition coefficient (Wildman–Crippen LogP) is 25.3. The molecule has 0 aromatic rings. The van der Waals surface area contributed by atoms with Gasteiger partial charge in [0, 0.05) is 25.7 Å². The summed E-state index contributed by atoms with van der Waals surface area (Å²) >= 11 is 0. The zero-order valence-electron chi connectivity index (χ0n) is 67.8. The van der Waals surface area contributed by atoms with Crippen molar-refractivity contribution in [2.75, 3.05) is 39.6 Å². The molecule has 0 bridgehead atoms. The number of hydrogen-bond acceptors (Lipinski definition) is 15. The van der Waals surface area contributed by atoms with E-state index in [1.807, 2.05) is 0 Å². The number of aliphatic hydroxyl groups excluding tert-OH is 1. The average molecular weight is 1510 g/mol. The lowest BCUT2D eigenvalue weighted by Gasteiger charge is -2.21. The summed E-state index contributed by atoms with van der Waals surface area (Å²) in [6.07, 6.45) is 63.5. The molecule has 0 aromatic carbocycles. The number of unbranched alkanes of at least 4 members (excludes halogenated alkanes) is 48. The Hall–Kier alpha value is -1.94. The topological polar surface area (TPSA) is 237 Å². The summed E-state index contributed by atoms with van der Waals surface area (Å²) in [4.78, 5) is 73.2. The van der Waals surface area contributed by atoms with E-state index in [0.29, 0.717) is 25.7 Å². The van der Waals surface area contributed by atoms with Crippen molar-refractivity contribution in [3.8, 4) is 0 Å². The second-order valence-corrected chi connectivity index (χ2v) is 34.1. The second-order valence-electron chi connectivity index (χ2n) is 31.2. The van der Waals surface area contributed by atoms with Gasteiger partial charge in [0.2, 0.25) is 0 Å². The molecule has 4 unspecified atom stereocenters. The Balaban J connectivity index is 5.27. The van der Waals surface area contributed by atoms with Crippen molar-refractivity contribution >= 4 is 39.5 Å². The third-order valence-electron chi connectivity index (χ3n) is 20.4. The fourth-order valence-electron chi connectivity index (χ4n) is 13.0. The molecule has 103 heavy (non-hydrogen) atoms. The number of hydrogen-bond donors (Lipinski definition) is 3. The van der Waals surface area contributed by atoms with Crippen LogP contribution in [0.15, 0.2) is 0 Å². The number of aliphatic hydroxyl groups is 1. The van der Waals surface area contributed by atoms with Gasteiger partial charge in [-0.05, 0) is 43.4 Å². The summed E-state index contributed by atoms with van der Waals surface area (Å²) in [6, 6.07) is 0. The molecule has 612 valence electrons. The van der Waals surface area contributed by atoms with Crippen LogP contribution in [0.4, 0.5) is 0 Å². The van der Waals surface area contributed by atoms with Gasteiger partial charge in [-0.2, -0.15) is 0 Å². The Morgan fingerprint density at radius 3 is 0.738 bits per heavy atom. The molecule has 0 aromatic heterocycles. The molecule has 17 nitrogen and oxygen atoms in total. The Labute approximate surface area is 632 Å². The molecule has 0 fully saturated rings. The summed E-state index contributed by atoms with van der Waals surface area (Å²) in [5.41, 5.74) is 0. The first-order valence-electron chi connectivity index (χ1n) is 43.4. The predicted molar refractivity (Wildman–Crippen MR) is 423 cm³/mol. The molecule has 0 amide bonds. The third-order valence-corrected chi connectivity index (χ3v) is 22.3. The van der Waals surface area contributed by atoms with Crippen molar-refractivity contribution in [3.05, 3.63) is 0 Å². The summed E-state index contributed by atoms with van der Waals surface area (Å²) in [5, 5.41) is 10.7. The van der Waals surface area contributed by atoms with Gasteiger partial charge in [0.15, 0.2) is 12.2 Å². The lowest BCUT2D eigenvalue weighted by atomic mass is 9.99. The number of phosphoric acid groups is 2. The summed E-state index contributed by atoms with van der Waals surface area (Å²) in [5.74, 6) is 0.350. The van der Waals surface area contributed by atoms with Crippen molar-refractivity contribution in [2.24, 2.45) is 17.8 Å². The highest BCUT2D eigenvalue weighted by atomic mass is 31.2. The second kappa shape index (κ2) is 74.2. The summed E-state index contributed by atoms with van der Waals surface area (Å²) in [7, 11) is -9.93. The van der Waals surface area contributed by atoms with E-state index in [1.165, 1.54) is 250 Å². The van der Waals surface area contributed by atoms with Crippen molar-refractivity contribution < 1.29 is 80.2 Å². The maximum atomic E-state index is 13.1. The van der Waals surface area contributed by atoms with Crippen LogP contribution in [0, 0.1) is 17.8 Å². The molecule has 7 atom stereocenters. The largest absolute Gasteiger partial charge is 0.472 e. The van der Waals surface area contributed by atoms with Crippen LogP contribution < -0.4 is 0 Å². The molecule has 0 saturated heterocycles. The van der Waals surface area contributed by atoms with Crippen LogP contribution in [0.2, 0.25) is 0 Å². The first-order valence-corrected chi connectivity index (χ1v) is 46.4. The summed E-state index contributed by atoms with van der Waals surface area (Å²) in [6.45, 7) is 12.1. The number of phosphoric ester groups is 2. The van der Waals surface area contributed by atoms with Crippen LogP contribution in [0.25, 0.3) is 0 Å². The molecule has 0 aliphatic heterocycles. The van der Waals surface area contributed by atoms with Crippen molar-refractivity contribution in [3.63, 3.8) is 0 Å². The van der Waals surface area contributed by atoms with Gasteiger partial charge in [0.05, 0.1) is 26.4 Å². The highest BCUT2D eigenvalue weighted by molar-refractivity contribution is 7.47. The van der Waals surface area contributed by atoms with Crippen LogP contribution >= 0.6 is 15.6 Å². The number of rotatable bonds is 82. The maximum Gasteiger partial charge on any atom is 0.472 e. The van der Waals surface area contributed by atoms with Gasteiger partial charge < -0.3 is 33.8 Å². The normalized spacial score (nSPS) is 14.4. The number of carbonyl (C=O) groups is 4. The van der Waals surface area contributed by atoms with E-state index < -0.39 is 97.5 Å². The van der Waals surface area contributed by atoms with Gasteiger partial charge in [-0.3, -0.25) is 37.3 Å². The van der Waals surface area contributed by atoms with Crippen LogP contribution in [0.3, 0.4) is 0 Å². The van der Waals surface area contributed by atoms with Crippen molar-refractivity contribution in [1.29, 1.82) is 0 Å². The number of esters is 4. The Morgan fingerprint density at radius 1 is 0.282 bits per heavy atom. The first kappa shape index (κ1) is 101. The SMILES string of the molecule is CCCCCCCCCCCCCCCCC(=O)O[C@H](COC(=O)CCCCCCCCCCCCC(C)C)COP(=O)(O)OC[C@H](O)COP(=O)(O)OC[C@@H](COC(=O)CCCCCCCCCCCCCCCCC(C)CC)OC(=O)CCCCCCCCCCCCCCCCC(C)CC. The first-order chi connectivity index (χ1) is 49.8. The molecular weight excluding hydrogens is 1340 g/mol. The maximum absolute atomic E-state index is 13.1. The third kappa shape index (κ3) is 75.3. The molecule has 19 heteroatoms. The van der Waals surface area contributed by atoms with Crippen LogP contribution in [-0.4, -0.2) is 96.7 Å². The van der Waals surface area contributed by atoms with Gasteiger partial charge >= 0.3 is 39.5 Å². The molecule has 0 aliphatic rings. The fraction of sp³-hybridized carbons (Fsp3) is 0.952. The Bertz CT molecular complexity index is 2000. The van der Waals surface area contributed by atoms with E-state index in [0.717, 1.165) is 108 Å². The van der Waals surface area contributed by atoms with Crippen LogP contribution in [-0.2, 0) is 65.4 Å². The lowest BCUT2D eigenvalue weighted by Crippen LogP contribution is -2.30. The Kier molecular flexibility index (Phi) is 72.8. The minimum atomic E-state index is -4.97. The fourth-order valence-corrected chi connectivity index (χ4v) is 14.5. The standard InChI is InChI=1S/C84H164O17P2/c1-8-11-12-13-14-15-16-17-24-30-39-46-53-60-67-83(88)101-80(72-95-82(87)66-59-52-45-38-33-32-34-41-48-55-62-75(4)5)74-99-103(92,93)97-70-78(85)69-96-102(90,91)98-73-79(100-84(89)68-61-54-47-40-31-26-21-19-23-28-36-43-50-57-64-77(7)10-3)71-94-81(86)65-58-51-44-37-29-25-20-18-22-27-35-42-49-56-63-76(6)9-2/h75-80,85H,8-74H2,1-7H3,(H,90,91)(H,92,93)/t76?,77?,78-,79-,80-/m1/s1. The molecule has 3 N–H and O–H groups in total. The van der Waals surface area contributed by atoms with E-state index in [2.05, 4.69) is 48.5 Å². The van der Waals surface area contributed by atoms with E-state index in [9.17, 15) is 43.2 Å². The van der Waals surface area contributed by atoms with Gasteiger partial charge in [-0.25, -0.2) is 9.13 Å². The van der Waals surface area contributed by atoms with Crippen molar-refractivity contribution in [1.82, 2.24) is 0 Å².